The summed E-state index contributed by atoms with van der Waals surface area (Å²) in [5.41, 5.74) is 0. The van der Waals surface area contributed by atoms with Crippen LogP contribution in [0.1, 0.15) is 32.1 Å². The minimum atomic E-state index is -3.54. The Hall–Kier alpha value is -1.06. The quantitative estimate of drug-likeness (QED) is 0.842. The molecule has 9 heteroatoms. The number of amides is 1. The molecule has 1 saturated heterocycles. The molecule has 0 bridgehead atoms. The average molecular weight is 373 g/mol. The molecule has 1 aliphatic carbocycles. The second-order valence-corrected chi connectivity index (χ2v) is 9.47. The first-order valence-corrected chi connectivity index (χ1v) is 10.9. The van der Waals surface area contributed by atoms with Crippen molar-refractivity contribution >= 4 is 27.7 Å². The average Bonchev–Trinajstić information content (AvgIpc) is 3.22. The van der Waals surface area contributed by atoms with Crippen molar-refractivity contribution in [2.45, 2.75) is 42.4 Å². The fraction of sp³-hybridized carbons (Fsp3) is 0.733. The highest BCUT2D eigenvalue weighted by Gasteiger charge is 2.29. The molecule has 1 N–H and O–H groups in total. The highest BCUT2D eigenvalue weighted by Crippen LogP contribution is 2.29. The van der Waals surface area contributed by atoms with Gasteiger partial charge < -0.3 is 9.88 Å². The molecule has 24 heavy (non-hydrogen) atoms. The highest BCUT2D eigenvalue weighted by atomic mass is 32.2. The fourth-order valence-electron chi connectivity index (χ4n) is 3.24. The second-order valence-electron chi connectivity index (χ2n) is 6.27. The van der Waals surface area contributed by atoms with Gasteiger partial charge in [-0.3, -0.25) is 4.79 Å². The van der Waals surface area contributed by atoms with Crippen LogP contribution in [0, 0.1) is 0 Å². The van der Waals surface area contributed by atoms with Crippen LogP contribution in [0.3, 0.4) is 0 Å². The van der Waals surface area contributed by atoms with Gasteiger partial charge in [-0.15, -0.1) is 11.8 Å². The minimum absolute atomic E-state index is 0.110. The van der Waals surface area contributed by atoms with E-state index in [0.717, 1.165) is 0 Å². The molecular formula is C15H24N4O3S2. The van der Waals surface area contributed by atoms with Crippen molar-refractivity contribution in [1.82, 2.24) is 19.2 Å². The van der Waals surface area contributed by atoms with E-state index in [9.17, 15) is 13.2 Å². The van der Waals surface area contributed by atoms with Crippen LogP contribution in [-0.4, -0.2) is 70.7 Å². The maximum absolute atomic E-state index is 12.5. The Morgan fingerprint density at radius 3 is 2.71 bits per heavy atom. The van der Waals surface area contributed by atoms with E-state index in [1.807, 2.05) is 4.90 Å². The smallest absolute Gasteiger partial charge is 0.260 e. The lowest BCUT2D eigenvalue weighted by atomic mass is 10.4. The topological polar surface area (TPSA) is 86.4 Å². The van der Waals surface area contributed by atoms with Gasteiger partial charge in [-0.25, -0.2) is 13.4 Å². The molecule has 1 saturated carbocycles. The number of sulfonamides is 1. The molecule has 0 atom stereocenters. The Labute approximate surface area is 147 Å². The maximum Gasteiger partial charge on any atom is 0.260 e. The number of rotatable bonds is 5. The highest BCUT2D eigenvalue weighted by molar-refractivity contribution is 8.00. The van der Waals surface area contributed by atoms with E-state index in [1.165, 1.54) is 42.5 Å². The van der Waals surface area contributed by atoms with Crippen LogP contribution in [-0.2, 0) is 14.8 Å². The van der Waals surface area contributed by atoms with E-state index in [2.05, 4.69) is 9.97 Å². The zero-order valence-electron chi connectivity index (χ0n) is 13.7. The Morgan fingerprint density at radius 2 is 2.00 bits per heavy atom. The Balaban J connectivity index is 1.53. The summed E-state index contributed by atoms with van der Waals surface area (Å²) in [4.78, 5) is 20.7. The first-order chi connectivity index (χ1) is 11.6. The van der Waals surface area contributed by atoms with Crippen LogP contribution < -0.4 is 0 Å². The van der Waals surface area contributed by atoms with Crippen LogP contribution in [0.5, 0.6) is 0 Å². The van der Waals surface area contributed by atoms with Gasteiger partial charge in [-0.2, -0.15) is 4.31 Å². The molecule has 1 aromatic rings. The molecule has 2 heterocycles. The van der Waals surface area contributed by atoms with Crippen LogP contribution in [0.4, 0.5) is 0 Å². The number of imidazole rings is 1. The minimum Gasteiger partial charge on any atom is -0.341 e. The predicted molar refractivity (Wildman–Crippen MR) is 93.3 cm³/mol. The Morgan fingerprint density at radius 1 is 1.21 bits per heavy atom. The third-order valence-corrected chi connectivity index (χ3v) is 7.82. The van der Waals surface area contributed by atoms with E-state index < -0.39 is 10.0 Å². The fourth-order valence-corrected chi connectivity index (χ4v) is 5.84. The number of carbonyl (C=O) groups excluding carboxylic acids is 1. The number of nitrogens with zero attached hydrogens (tertiary/aromatic N) is 3. The number of H-pyrrole nitrogens is 1. The molecule has 1 aromatic heterocycles. The van der Waals surface area contributed by atoms with E-state index in [1.54, 1.807) is 11.8 Å². The van der Waals surface area contributed by atoms with Crippen molar-refractivity contribution in [2.24, 2.45) is 0 Å². The summed E-state index contributed by atoms with van der Waals surface area (Å²) in [6, 6.07) is 0. The van der Waals surface area contributed by atoms with Gasteiger partial charge in [0.2, 0.25) is 5.91 Å². The summed E-state index contributed by atoms with van der Waals surface area (Å²) in [6.07, 6.45) is 8.32. The molecule has 2 fully saturated rings. The molecule has 134 valence electrons. The molecule has 2 aliphatic rings. The Bertz CT molecular complexity index is 642. The molecular weight excluding hydrogens is 348 g/mol. The number of hydrogen-bond acceptors (Lipinski definition) is 5. The normalized spacial score (nSPS) is 21.1. The zero-order valence-corrected chi connectivity index (χ0v) is 15.3. The number of hydrogen-bond donors (Lipinski definition) is 1. The maximum atomic E-state index is 12.5. The van der Waals surface area contributed by atoms with Crippen molar-refractivity contribution in [3.05, 3.63) is 12.5 Å². The lowest BCUT2D eigenvalue weighted by Gasteiger charge is -2.22. The summed E-state index contributed by atoms with van der Waals surface area (Å²) >= 11 is 1.76. The number of thioether (sulfide) groups is 1. The first kappa shape index (κ1) is 17.8. The molecule has 0 aromatic carbocycles. The largest absolute Gasteiger partial charge is 0.341 e. The number of nitrogens with one attached hydrogen (secondary N) is 1. The van der Waals surface area contributed by atoms with Crippen molar-refractivity contribution < 1.29 is 13.2 Å². The monoisotopic (exact) mass is 372 g/mol. The SMILES string of the molecule is O=C(CSC1CCCC1)N1CCCN(S(=O)(=O)c2cnc[nH]2)CC1. The van der Waals surface area contributed by atoms with Gasteiger partial charge in [0.05, 0.1) is 18.3 Å². The molecule has 1 amide bonds. The lowest BCUT2D eigenvalue weighted by Crippen LogP contribution is -2.38. The van der Waals surface area contributed by atoms with Gasteiger partial charge in [-0.05, 0) is 19.3 Å². The lowest BCUT2D eigenvalue weighted by molar-refractivity contribution is -0.128. The van der Waals surface area contributed by atoms with Crippen LogP contribution in [0.15, 0.2) is 17.6 Å². The van der Waals surface area contributed by atoms with Crippen molar-refractivity contribution in [1.29, 1.82) is 0 Å². The predicted octanol–water partition coefficient (Wildman–Crippen LogP) is 1.31. The molecule has 7 nitrogen and oxygen atoms in total. The van der Waals surface area contributed by atoms with Crippen molar-refractivity contribution in [2.75, 3.05) is 31.9 Å². The van der Waals surface area contributed by atoms with Gasteiger partial charge >= 0.3 is 0 Å². The van der Waals surface area contributed by atoms with Crippen molar-refractivity contribution in [3.8, 4) is 0 Å². The van der Waals surface area contributed by atoms with Crippen LogP contribution >= 0.6 is 11.8 Å². The van der Waals surface area contributed by atoms with Crippen LogP contribution in [0.25, 0.3) is 0 Å². The summed E-state index contributed by atoms with van der Waals surface area (Å²) in [5, 5.41) is 0.734. The third-order valence-electron chi connectivity index (χ3n) is 4.64. The standard InChI is InChI=1S/C15H24N4O3S2/c20-15(11-23-13-4-1-2-5-13)18-6-3-7-19(9-8-18)24(21,22)14-10-16-12-17-14/h10,12-13H,1-9,11H2,(H,16,17). The summed E-state index contributed by atoms with van der Waals surface area (Å²) in [7, 11) is -3.54. The van der Waals surface area contributed by atoms with Gasteiger partial charge in [0, 0.05) is 31.4 Å². The molecule has 1 aliphatic heterocycles. The van der Waals surface area contributed by atoms with E-state index in [4.69, 9.17) is 0 Å². The number of carbonyl (C=O) groups is 1. The van der Waals surface area contributed by atoms with Gasteiger partial charge in [0.25, 0.3) is 10.0 Å². The molecule has 0 radical (unpaired) electrons. The molecule has 3 rings (SSSR count). The zero-order chi connectivity index (χ0) is 17.0. The second kappa shape index (κ2) is 7.88. The number of aromatic amines is 1. The Kier molecular flexibility index (Phi) is 5.83. The third kappa shape index (κ3) is 4.12. The summed E-state index contributed by atoms with van der Waals surface area (Å²) in [6.45, 7) is 1.85. The van der Waals surface area contributed by atoms with Gasteiger partial charge in [0.15, 0.2) is 5.03 Å². The molecule has 0 unspecified atom stereocenters. The summed E-state index contributed by atoms with van der Waals surface area (Å²) in [5.74, 6) is 0.644. The van der Waals surface area contributed by atoms with E-state index >= 15 is 0 Å². The van der Waals surface area contributed by atoms with Crippen molar-refractivity contribution in [3.63, 3.8) is 0 Å². The van der Waals surface area contributed by atoms with Crippen LogP contribution in [0.2, 0.25) is 0 Å². The number of aromatic nitrogens is 2. The first-order valence-electron chi connectivity index (χ1n) is 8.45. The van der Waals surface area contributed by atoms with Gasteiger partial charge in [0.1, 0.15) is 0 Å². The van der Waals surface area contributed by atoms with Gasteiger partial charge in [-0.1, -0.05) is 12.8 Å². The summed E-state index contributed by atoms with van der Waals surface area (Å²) < 4.78 is 26.5. The molecule has 0 spiro atoms. The van der Waals surface area contributed by atoms with E-state index in [0.29, 0.717) is 43.6 Å². The van der Waals surface area contributed by atoms with E-state index in [-0.39, 0.29) is 10.9 Å².